The van der Waals surface area contributed by atoms with E-state index in [0.29, 0.717) is 10.4 Å². The number of furan rings is 1. The second-order valence-electron chi connectivity index (χ2n) is 4.03. The summed E-state index contributed by atoms with van der Waals surface area (Å²) >= 11 is 3.25. The third kappa shape index (κ3) is 1.89. The Balaban J connectivity index is 1.97. The van der Waals surface area contributed by atoms with Crippen molar-refractivity contribution in [2.75, 3.05) is 0 Å². The zero-order valence-corrected chi connectivity index (χ0v) is 10.5. The van der Waals surface area contributed by atoms with Crippen LogP contribution in [-0.4, -0.2) is 5.91 Å². The van der Waals surface area contributed by atoms with Crippen molar-refractivity contribution in [2.45, 2.75) is 6.42 Å². The first-order valence-corrected chi connectivity index (χ1v) is 6.18. The molecule has 1 N–H and O–H groups in total. The summed E-state index contributed by atoms with van der Waals surface area (Å²) in [4.78, 5) is 11.9. The largest absolute Gasteiger partial charge is 0.450 e. The van der Waals surface area contributed by atoms with Gasteiger partial charge in [-0.25, -0.2) is 0 Å². The molecule has 2 heterocycles. The van der Waals surface area contributed by atoms with Gasteiger partial charge in [-0.3, -0.25) is 4.79 Å². The van der Waals surface area contributed by atoms with Gasteiger partial charge in [0.25, 0.3) is 5.91 Å². The average molecular weight is 292 g/mol. The monoisotopic (exact) mass is 291 g/mol. The molecule has 3 nitrogen and oxygen atoms in total. The highest BCUT2D eigenvalue weighted by molar-refractivity contribution is 9.10. The van der Waals surface area contributed by atoms with Gasteiger partial charge in [-0.15, -0.1) is 0 Å². The maximum atomic E-state index is 11.9. The summed E-state index contributed by atoms with van der Waals surface area (Å²) in [5, 5.41) is 2.88. The number of fused-ring (bicyclic) bond motifs is 1. The van der Waals surface area contributed by atoms with Gasteiger partial charge in [0.1, 0.15) is 5.76 Å². The predicted molar refractivity (Wildman–Crippen MR) is 67.9 cm³/mol. The van der Waals surface area contributed by atoms with Crippen LogP contribution in [0.2, 0.25) is 0 Å². The van der Waals surface area contributed by atoms with Crippen LogP contribution < -0.4 is 5.32 Å². The molecule has 1 saturated heterocycles. The first-order valence-electron chi connectivity index (χ1n) is 5.39. The molecule has 4 heteroatoms. The molecule has 1 fully saturated rings. The highest BCUT2D eigenvalue weighted by Crippen LogP contribution is 2.33. The molecule has 0 spiro atoms. The summed E-state index contributed by atoms with van der Waals surface area (Å²) in [7, 11) is 0. The highest BCUT2D eigenvalue weighted by atomic mass is 79.9. The molecule has 1 aliphatic carbocycles. The van der Waals surface area contributed by atoms with E-state index in [0.717, 1.165) is 17.7 Å². The minimum atomic E-state index is -0.0301. The summed E-state index contributed by atoms with van der Waals surface area (Å²) in [6.07, 6.45) is 8.66. The van der Waals surface area contributed by atoms with E-state index in [9.17, 15) is 4.79 Å². The van der Waals surface area contributed by atoms with Crippen LogP contribution in [-0.2, 0) is 4.79 Å². The van der Waals surface area contributed by atoms with Crippen LogP contribution in [0.4, 0.5) is 0 Å². The number of allylic oxidation sites excluding steroid dienone is 4. The van der Waals surface area contributed by atoms with E-state index >= 15 is 0 Å². The van der Waals surface area contributed by atoms with Gasteiger partial charge >= 0.3 is 0 Å². The fourth-order valence-corrected chi connectivity index (χ4v) is 2.46. The average Bonchev–Trinajstić information content (AvgIpc) is 2.85. The number of nitrogens with one attached hydrogen (secondary N) is 1. The van der Waals surface area contributed by atoms with E-state index < -0.39 is 0 Å². The predicted octanol–water partition coefficient (Wildman–Crippen LogP) is 3.02. The molecule has 1 atom stereocenters. The number of carbonyl (C=O) groups is 1. The first-order chi connectivity index (χ1) is 8.24. The van der Waals surface area contributed by atoms with Gasteiger partial charge in [0, 0.05) is 17.2 Å². The molecule has 0 bridgehead atoms. The highest BCUT2D eigenvalue weighted by Gasteiger charge is 2.32. The van der Waals surface area contributed by atoms with Gasteiger partial charge in [-0.2, -0.15) is 0 Å². The molecular formula is C13H10BrNO2. The van der Waals surface area contributed by atoms with Crippen molar-refractivity contribution in [1.82, 2.24) is 5.32 Å². The van der Waals surface area contributed by atoms with E-state index in [1.165, 1.54) is 0 Å². The molecule has 17 heavy (non-hydrogen) atoms. The molecule has 1 unspecified atom stereocenters. The topological polar surface area (TPSA) is 42.2 Å². The summed E-state index contributed by atoms with van der Waals surface area (Å²) in [5.41, 5.74) is 1.75. The molecule has 1 aliphatic heterocycles. The zero-order chi connectivity index (χ0) is 11.8. The van der Waals surface area contributed by atoms with E-state index in [4.69, 9.17) is 4.42 Å². The fraction of sp³-hybridized carbons (Fsp3) is 0.154. The Labute approximate surface area is 107 Å². The quantitative estimate of drug-likeness (QED) is 0.808. The Hall–Kier alpha value is -1.55. The van der Waals surface area contributed by atoms with Crippen LogP contribution in [0.5, 0.6) is 0 Å². The number of hydrogen-bond donors (Lipinski definition) is 1. The third-order valence-corrected chi connectivity index (χ3v) is 3.37. The lowest BCUT2D eigenvalue weighted by Crippen LogP contribution is -2.13. The van der Waals surface area contributed by atoms with Crippen LogP contribution in [0, 0.1) is 5.92 Å². The smallest absolute Gasteiger partial charge is 0.252 e. The Morgan fingerprint density at radius 2 is 2.35 bits per heavy atom. The zero-order valence-electron chi connectivity index (χ0n) is 8.94. The van der Waals surface area contributed by atoms with Gasteiger partial charge in [0.05, 0.1) is 0 Å². The van der Waals surface area contributed by atoms with Gasteiger partial charge in [-0.1, -0.05) is 12.2 Å². The second-order valence-corrected chi connectivity index (χ2v) is 4.82. The molecule has 0 saturated carbocycles. The van der Waals surface area contributed by atoms with Crippen LogP contribution in [0.15, 0.2) is 50.7 Å². The van der Waals surface area contributed by atoms with Gasteiger partial charge in [0.15, 0.2) is 4.67 Å². The number of amides is 1. The Morgan fingerprint density at radius 1 is 1.47 bits per heavy atom. The van der Waals surface area contributed by atoms with Crippen molar-refractivity contribution in [2.24, 2.45) is 5.92 Å². The molecule has 3 rings (SSSR count). The number of carbonyl (C=O) groups excluding carboxylic acids is 1. The Kier molecular flexibility index (Phi) is 2.52. The minimum Gasteiger partial charge on any atom is -0.450 e. The lowest BCUT2D eigenvalue weighted by atomic mass is 9.92. The standard InChI is InChI=1S/C13H10BrNO2/c14-12-6-5-8(17-12)7-10-9-3-1-2-4-11(9)15-13(10)16/h1-2,4-7,9H,3H2,(H,15,16)/b10-7+. The molecule has 2 aliphatic rings. The summed E-state index contributed by atoms with van der Waals surface area (Å²) < 4.78 is 6.06. The van der Waals surface area contributed by atoms with E-state index in [-0.39, 0.29) is 11.8 Å². The first kappa shape index (κ1) is 10.6. The van der Waals surface area contributed by atoms with Crippen LogP contribution in [0.3, 0.4) is 0 Å². The third-order valence-electron chi connectivity index (χ3n) is 2.95. The maximum Gasteiger partial charge on any atom is 0.252 e. The molecule has 0 radical (unpaired) electrons. The van der Waals surface area contributed by atoms with Crippen molar-refractivity contribution < 1.29 is 9.21 Å². The maximum absolute atomic E-state index is 11.9. The van der Waals surface area contributed by atoms with Gasteiger partial charge in [-0.05, 0) is 46.6 Å². The van der Waals surface area contributed by atoms with E-state index in [1.807, 2.05) is 30.4 Å². The molecule has 86 valence electrons. The van der Waals surface area contributed by atoms with Crippen molar-refractivity contribution in [3.8, 4) is 0 Å². The number of halogens is 1. The normalized spacial score (nSPS) is 24.8. The van der Waals surface area contributed by atoms with Crippen molar-refractivity contribution in [3.05, 3.63) is 52.1 Å². The Bertz CT molecular complexity index is 566. The summed E-state index contributed by atoms with van der Waals surface area (Å²) in [6.45, 7) is 0. The van der Waals surface area contributed by atoms with E-state index in [2.05, 4.69) is 27.3 Å². The van der Waals surface area contributed by atoms with Gasteiger partial charge in [0.2, 0.25) is 0 Å². The molecule has 1 aromatic heterocycles. The van der Waals surface area contributed by atoms with Crippen molar-refractivity contribution >= 4 is 27.9 Å². The molecule has 0 aromatic carbocycles. The minimum absolute atomic E-state index is 0.0301. The van der Waals surface area contributed by atoms with Crippen LogP contribution >= 0.6 is 15.9 Å². The number of rotatable bonds is 1. The summed E-state index contributed by atoms with van der Waals surface area (Å²) in [6, 6.07) is 3.65. The SMILES string of the molecule is O=C1NC2=CC=CCC2/C1=C\c1ccc(Br)o1. The fourth-order valence-electron chi connectivity index (χ4n) is 2.14. The summed E-state index contributed by atoms with van der Waals surface area (Å²) in [5.74, 6) is 0.812. The van der Waals surface area contributed by atoms with Crippen LogP contribution in [0.1, 0.15) is 12.2 Å². The number of hydrogen-bond acceptors (Lipinski definition) is 2. The Morgan fingerprint density at radius 3 is 3.12 bits per heavy atom. The second kappa shape index (κ2) is 4.04. The lowest BCUT2D eigenvalue weighted by Gasteiger charge is -2.11. The van der Waals surface area contributed by atoms with Gasteiger partial charge < -0.3 is 9.73 Å². The molecular weight excluding hydrogens is 282 g/mol. The van der Waals surface area contributed by atoms with Crippen molar-refractivity contribution in [1.29, 1.82) is 0 Å². The van der Waals surface area contributed by atoms with Crippen LogP contribution in [0.25, 0.3) is 6.08 Å². The lowest BCUT2D eigenvalue weighted by molar-refractivity contribution is -0.115. The van der Waals surface area contributed by atoms with E-state index in [1.54, 1.807) is 0 Å². The molecule has 1 aromatic rings. The van der Waals surface area contributed by atoms with Crippen molar-refractivity contribution in [3.63, 3.8) is 0 Å². The molecule has 1 amide bonds.